The number of rotatable bonds is 7. The molecule has 1 atom stereocenters. The molecule has 9 heteroatoms. The number of carbonyl (C=O) groups excluding carboxylic acids is 1. The minimum Gasteiger partial charge on any atom is -0.346 e. The quantitative estimate of drug-likeness (QED) is 0.416. The third kappa shape index (κ3) is 4.89. The van der Waals surface area contributed by atoms with Crippen LogP contribution in [-0.2, 0) is 15.7 Å². The van der Waals surface area contributed by atoms with E-state index in [0.717, 1.165) is 18.4 Å². The monoisotopic (exact) mass is 515 g/mol. The Morgan fingerprint density at radius 1 is 1.14 bits per heavy atom. The fourth-order valence-electron chi connectivity index (χ4n) is 4.32. The number of alkyl halides is 2. The summed E-state index contributed by atoms with van der Waals surface area (Å²) in [5.74, 6) is -4.76. The van der Waals surface area contributed by atoms with E-state index in [4.69, 9.17) is 0 Å². The summed E-state index contributed by atoms with van der Waals surface area (Å²) in [5.41, 5.74) is 1.81. The molecule has 0 spiro atoms. The van der Waals surface area contributed by atoms with E-state index in [2.05, 4.69) is 14.7 Å². The zero-order valence-electron chi connectivity index (χ0n) is 20.6. The molecule has 0 aliphatic heterocycles. The number of hydrogen-bond acceptors (Lipinski definition) is 4. The van der Waals surface area contributed by atoms with Crippen LogP contribution < -0.4 is 5.32 Å². The lowest BCUT2D eigenvalue weighted by atomic mass is 10.00. The topological polar surface area (TPSA) is 71.4 Å². The van der Waals surface area contributed by atoms with Crippen LogP contribution in [0.2, 0.25) is 0 Å². The van der Waals surface area contributed by atoms with Gasteiger partial charge in [0.2, 0.25) is 0 Å². The van der Waals surface area contributed by atoms with Crippen molar-refractivity contribution in [3.8, 4) is 0 Å². The Kier molecular flexibility index (Phi) is 6.96. The van der Waals surface area contributed by atoms with Gasteiger partial charge in [0.25, 0.3) is 11.8 Å². The summed E-state index contributed by atoms with van der Waals surface area (Å²) in [5, 5.41) is 2.27. The Bertz CT molecular complexity index is 1460. The van der Waals surface area contributed by atoms with Crippen LogP contribution >= 0.6 is 0 Å². The molecule has 0 saturated heterocycles. The van der Waals surface area contributed by atoms with Crippen molar-refractivity contribution in [2.75, 3.05) is 13.6 Å². The first-order chi connectivity index (χ1) is 17.0. The Hall–Kier alpha value is -3.20. The van der Waals surface area contributed by atoms with Crippen molar-refractivity contribution in [1.82, 2.24) is 10.3 Å². The van der Waals surface area contributed by atoms with Crippen molar-refractivity contribution in [2.24, 2.45) is 4.36 Å². The molecule has 2 aromatic carbocycles. The van der Waals surface area contributed by atoms with Crippen LogP contribution in [0.5, 0.6) is 0 Å². The van der Waals surface area contributed by atoms with Crippen molar-refractivity contribution in [2.45, 2.75) is 55.2 Å². The predicted octanol–water partition coefficient (Wildman–Crippen LogP) is 6.06. The van der Waals surface area contributed by atoms with Gasteiger partial charge in [-0.25, -0.2) is 13.0 Å². The summed E-state index contributed by atoms with van der Waals surface area (Å²) in [6.45, 7) is 4.05. The molecule has 1 N–H and O–H groups in total. The maximum absolute atomic E-state index is 15.4. The van der Waals surface area contributed by atoms with Crippen LogP contribution in [0.1, 0.15) is 57.1 Å². The SMILES string of the molecule is CN=S(=O)(c1cnc(C)cc1C(=O)NCC(F)(F)c1ccc(C)cc1C)c1cccc(C2CC2)c1F. The molecule has 1 amide bonds. The van der Waals surface area contributed by atoms with Gasteiger partial charge < -0.3 is 5.32 Å². The summed E-state index contributed by atoms with van der Waals surface area (Å²) in [7, 11) is -2.33. The number of amides is 1. The Morgan fingerprint density at radius 3 is 2.50 bits per heavy atom. The highest BCUT2D eigenvalue weighted by Gasteiger charge is 2.35. The Labute approximate surface area is 209 Å². The molecule has 1 saturated carbocycles. The number of nitrogens with zero attached hydrogens (tertiary/aromatic N) is 2. The van der Waals surface area contributed by atoms with Gasteiger partial charge >= 0.3 is 0 Å². The summed E-state index contributed by atoms with van der Waals surface area (Å²) in [6.07, 6.45) is 2.91. The number of aromatic nitrogens is 1. The second-order valence-corrected chi connectivity index (χ2v) is 11.5. The predicted molar refractivity (Wildman–Crippen MR) is 133 cm³/mol. The average Bonchev–Trinajstić information content (AvgIpc) is 3.67. The lowest BCUT2D eigenvalue weighted by Crippen LogP contribution is -2.36. The van der Waals surface area contributed by atoms with E-state index in [-0.39, 0.29) is 26.8 Å². The Balaban J connectivity index is 1.70. The zero-order chi connectivity index (χ0) is 26.3. The Morgan fingerprint density at radius 2 is 1.86 bits per heavy atom. The first kappa shape index (κ1) is 25.9. The number of nitrogens with one attached hydrogen (secondary N) is 1. The molecule has 1 fully saturated rings. The van der Waals surface area contributed by atoms with Gasteiger partial charge in [-0.15, -0.1) is 0 Å². The number of carbonyl (C=O) groups is 1. The number of hydrogen-bond donors (Lipinski definition) is 1. The summed E-state index contributed by atoms with van der Waals surface area (Å²) < 4.78 is 63.6. The van der Waals surface area contributed by atoms with Gasteiger partial charge in [-0.05, 0) is 62.8 Å². The molecule has 1 aliphatic rings. The minimum absolute atomic E-state index is 0.0665. The van der Waals surface area contributed by atoms with Gasteiger partial charge in [-0.1, -0.05) is 35.9 Å². The van der Waals surface area contributed by atoms with Crippen LogP contribution in [0, 0.1) is 26.6 Å². The third-order valence-electron chi connectivity index (χ3n) is 6.36. The van der Waals surface area contributed by atoms with E-state index in [9.17, 15) is 17.8 Å². The van der Waals surface area contributed by atoms with E-state index in [1.54, 1.807) is 38.1 Å². The van der Waals surface area contributed by atoms with Crippen molar-refractivity contribution >= 4 is 15.6 Å². The minimum atomic E-state index is -3.61. The maximum atomic E-state index is 15.4. The smallest absolute Gasteiger partial charge is 0.290 e. The molecule has 1 aliphatic carbocycles. The van der Waals surface area contributed by atoms with Crippen molar-refractivity contribution in [3.05, 3.63) is 88.0 Å². The molecular weight excluding hydrogens is 487 g/mol. The van der Waals surface area contributed by atoms with E-state index in [0.29, 0.717) is 16.8 Å². The molecule has 4 rings (SSSR count). The van der Waals surface area contributed by atoms with E-state index >= 15 is 4.39 Å². The summed E-state index contributed by atoms with van der Waals surface area (Å²) in [4.78, 5) is 17.1. The molecule has 5 nitrogen and oxygen atoms in total. The highest BCUT2D eigenvalue weighted by Crippen LogP contribution is 2.43. The van der Waals surface area contributed by atoms with Gasteiger partial charge in [0.15, 0.2) is 0 Å². The number of benzene rings is 2. The molecule has 1 heterocycles. The van der Waals surface area contributed by atoms with Crippen molar-refractivity contribution < 1.29 is 22.2 Å². The molecular formula is C27H28F3N3O2S. The standard InChI is InChI=1S/C27H28F3N3O2S/c1-16-8-11-22(17(2)12-16)27(29,30)15-33-26(34)21-13-18(3)32-14-24(21)36(35,31-4)23-7-5-6-20(25(23)28)19-9-10-19/h5-8,11-14,19H,9-10,15H2,1-4H3,(H,33,34). The van der Waals surface area contributed by atoms with Crippen LogP contribution in [0.3, 0.4) is 0 Å². The average molecular weight is 516 g/mol. The first-order valence-electron chi connectivity index (χ1n) is 11.6. The van der Waals surface area contributed by atoms with Gasteiger partial charge in [0.1, 0.15) is 15.5 Å². The van der Waals surface area contributed by atoms with Crippen molar-refractivity contribution in [1.29, 1.82) is 0 Å². The van der Waals surface area contributed by atoms with Crippen LogP contribution in [0.15, 0.2) is 62.8 Å². The molecule has 0 bridgehead atoms. The number of halogens is 3. The molecule has 1 unspecified atom stereocenters. The van der Waals surface area contributed by atoms with Gasteiger partial charge in [0, 0.05) is 24.5 Å². The molecule has 1 aromatic heterocycles. The third-order valence-corrected chi connectivity index (χ3v) is 8.71. The largest absolute Gasteiger partial charge is 0.346 e. The fourth-order valence-corrected chi connectivity index (χ4v) is 6.22. The van der Waals surface area contributed by atoms with Gasteiger partial charge in [0.05, 0.1) is 21.9 Å². The number of pyridine rings is 1. The van der Waals surface area contributed by atoms with E-state index in [1.807, 2.05) is 6.92 Å². The summed E-state index contributed by atoms with van der Waals surface area (Å²) >= 11 is 0. The van der Waals surface area contributed by atoms with E-state index < -0.39 is 33.9 Å². The van der Waals surface area contributed by atoms with Gasteiger partial charge in [-0.2, -0.15) is 8.78 Å². The van der Waals surface area contributed by atoms with Crippen LogP contribution in [0.4, 0.5) is 13.2 Å². The van der Waals surface area contributed by atoms with Crippen molar-refractivity contribution in [3.63, 3.8) is 0 Å². The van der Waals surface area contributed by atoms with Crippen LogP contribution in [0.25, 0.3) is 0 Å². The maximum Gasteiger partial charge on any atom is 0.290 e. The molecule has 3 aromatic rings. The highest BCUT2D eigenvalue weighted by molar-refractivity contribution is 7.93. The van der Waals surface area contributed by atoms with Crippen LogP contribution in [-0.4, -0.2) is 28.7 Å². The second-order valence-electron chi connectivity index (χ2n) is 9.17. The first-order valence-corrected chi connectivity index (χ1v) is 13.1. The zero-order valence-corrected chi connectivity index (χ0v) is 21.4. The lowest BCUT2D eigenvalue weighted by Gasteiger charge is -2.21. The molecule has 36 heavy (non-hydrogen) atoms. The lowest BCUT2D eigenvalue weighted by molar-refractivity contribution is -0.00310. The molecule has 190 valence electrons. The highest BCUT2D eigenvalue weighted by atomic mass is 32.2. The van der Waals surface area contributed by atoms with Gasteiger partial charge in [-0.3, -0.25) is 9.78 Å². The van der Waals surface area contributed by atoms with E-state index in [1.165, 1.54) is 31.4 Å². The fraction of sp³-hybridized carbons (Fsp3) is 0.333. The number of aryl methyl sites for hydroxylation is 3. The molecule has 0 radical (unpaired) electrons. The second kappa shape index (κ2) is 9.69. The summed E-state index contributed by atoms with van der Waals surface area (Å²) in [6, 6.07) is 10.6. The normalized spacial score (nSPS) is 15.3.